The third-order valence-electron chi connectivity index (χ3n) is 6.94. The Morgan fingerprint density at radius 2 is 1.79 bits per heavy atom. The van der Waals surface area contributed by atoms with Crippen LogP contribution in [0.4, 0.5) is 17.5 Å². The summed E-state index contributed by atoms with van der Waals surface area (Å²) in [5, 5.41) is 12.1. The SMILES string of the molecule is CCNc1ncc2c(n1)N(C)CCN(c1cccc(-n3cc([C](Cc4ccccc4)C(C)(C)C)nn3)c1)C2=O. The first-order valence-electron chi connectivity index (χ1n) is 13.3. The summed E-state index contributed by atoms with van der Waals surface area (Å²) >= 11 is 0. The second kappa shape index (κ2) is 10.8. The highest BCUT2D eigenvalue weighted by molar-refractivity contribution is 6.09. The largest absolute Gasteiger partial charge is 0.357 e. The van der Waals surface area contributed by atoms with Gasteiger partial charge in [0.2, 0.25) is 5.95 Å². The van der Waals surface area contributed by atoms with Gasteiger partial charge in [0.1, 0.15) is 11.4 Å². The molecule has 1 N–H and O–H groups in total. The molecule has 9 heteroatoms. The van der Waals surface area contributed by atoms with Crippen molar-refractivity contribution in [2.45, 2.75) is 34.1 Å². The quantitative estimate of drug-likeness (QED) is 0.372. The summed E-state index contributed by atoms with van der Waals surface area (Å²) in [6.07, 6.45) is 4.39. The summed E-state index contributed by atoms with van der Waals surface area (Å²) in [5.41, 5.74) is 4.14. The van der Waals surface area contributed by atoms with E-state index in [4.69, 9.17) is 0 Å². The van der Waals surface area contributed by atoms with Gasteiger partial charge in [-0.25, -0.2) is 9.67 Å². The lowest BCUT2D eigenvalue weighted by Gasteiger charge is -2.28. The minimum atomic E-state index is -0.125. The smallest absolute Gasteiger partial charge is 0.263 e. The van der Waals surface area contributed by atoms with Crippen molar-refractivity contribution in [3.63, 3.8) is 0 Å². The Kier molecular flexibility index (Phi) is 7.32. The molecule has 1 aliphatic heterocycles. The van der Waals surface area contributed by atoms with Gasteiger partial charge in [0, 0.05) is 44.5 Å². The maximum absolute atomic E-state index is 13.6. The Balaban J connectivity index is 1.43. The van der Waals surface area contributed by atoms with Crippen molar-refractivity contribution in [1.29, 1.82) is 0 Å². The van der Waals surface area contributed by atoms with Gasteiger partial charge in [-0.15, -0.1) is 5.10 Å². The molecule has 0 saturated carbocycles. The predicted octanol–water partition coefficient (Wildman–Crippen LogP) is 4.80. The minimum Gasteiger partial charge on any atom is -0.357 e. The van der Waals surface area contributed by atoms with Gasteiger partial charge in [0.25, 0.3) is 5.91 Å². The van der Waals surface area contributed by atoms with Crippen molar-refractivity contribution in [2.75, 3.05) is 41.8 Å². The van der Waals surface area contributed by atoms with Gasteiger partial charge in [-0.05, 0) is 42.5 Å². The molecule has 2 aromatic heterocycles. The lowest BCUT2D eigenvalue weighted by molar-refractivity contribution is 0.0989. The van der Waals surface area contributed by atoms with Gasteiger partial charge in [-0.2, -0.15) is 4.98 Å². The number of carbonyl (C=O) groups excluding carboxylic acids is 1. The molecule has 201 valence electrons. The van der Waals surface area contributed by atoms with Crippen LogP contribution in [0, 0.1) is 11.3 Å². The second-order valence-corrected chi connectivity index (χ2v) is 10.8. The van der Waals surface area contributed by atoms with E-state index in [1.54, 1.807) is 15.8 Å². The molecule has 0 atom stereocenters. The van der Waals surface area contributed by atoms with E-state index in [2.05, 4.69) is 70.6 Å². The minimum absolute atomic E-state index is 0.0783. The molecule has 0 fully saturated rings. The molecule has 1 aliphatic rings. The van der Waals surface area contributed by atoms with E-state index in [1.165, 1.54) is 11.5 Å². The summed E-state index contributed by atoms with van der Waals surface area (Å²) in [7, 11) is 1.95. The van der Waals surface area contributed by atoms with Crippen LogP contribution in [0.5, 0.6) is 0 Å². The predicted molar refractivity (Wildman–Crippen MR) is 154 cm³/mol. The third-order valence-corrected chi connectivity index (χ3v) is 6.94. The van der Waals surface area contributed by atoms with Gasteiger partial charge >= 0.3 is 0 Å². The fraction of sp³-hybridized carbons (Fsp3) is 0.333. The summed E-state index contributed by atoms with van der Waals surface area (Å²) in [6.45, 7) is 10.5. The van der Waals surface area contributed by atoms with Crippen LogP contribution >= 0.6 is 0 Å². The van der Waals surface area contributed by atoms with Gasteiger partial charge in [0.05, 0.1) is 17.6 Å². The lowest BCUT2D eigenvalue weighted by atomic mass is 9.75. The fourth-order valence-electron chi connectivity index (χ4n) is 4.78. The van der Waals surface area contributed by atoms with E-state index < -0.39 is 0 Å². The molecule has 0 spiro atoms. The summed E-state index contributed by atoms with van der Waals surface area (Å²) < 4.78 is 1.78. The molecule has 0 unspecified atom stereocenters. The fourth-order valence-corrected chi connectivity index (χ4v) is 4.78. The molecule has 0 saturated heterocycles. The Bertz CT molecular complexity index is 1440. The number of nitrogens with zero attached hydrogens (tertiary/aromatic N) is 7. The zero-order valence-electron chi connectivity index (χ0n) is 23.2. The topological polar surface area (TPSA) is 92.1 Å². The number of carbonyl (C=O) groups is 1. The van der Waals surface area contributed by atoms with Crippen molar-refractivity contribution < 1.29 is 4.79 Å². The number of fused-ring (bicyclic) bond motifs is 1. The number of benzene rings is 2. The average Bonchev–Trinajstić information content (AvgIpc) is 3.37. The van der Waals surface area contributed by atoms with Crippen LogP contribution in [-0.2, 0) is 6.42 Å². The Labute approximate surface area is 229 Å². The van der Waals surface area contributed by atoms with Crippen molar-refractivity contribution >= 4 is 23.4 Å². The molecule has 2 aromatic carbocycles. The van der Waals surface area contributed by atoms with E-state index in [-0.39, 0.29) is 11.3 Å². The van der Waals surface area contributed by atoms with Gasteiger partial charge in [-0.1, -0.05) is 62.4 Å². The molecule has 0 bridgehead atoms. The molecule has 3 heterocycles. The van der Waals surface area contributed by atoms with Crippen LogP contribution < -0.4 is 15.1 Å². The number of likely N-dealkylation sites (N-methyl/N-ethyl adjacent to an activating group) is 1. The molecule has 1 amide bonds. The maximum Gasteiger partial charge on any atom is 0.263 e. The van der Waals surface area contributed by atoms with Crippen LogP contribution in [0.25, 0.3) is 5.69 Å². The van der Waals surface area contributed by atoms with E-state index >= 15 is 0 Å². The number of hydrogen-bond acceptors (Lipinski definition) is 7. The molecule has 39 heavy (non-hydrogen) atoms. The Hall–Kier alpha value is -4.27. The number of anilines is 3. The molecule has 9 nitrogen and oxygen atoms in total. The average molecular weight is 524 g/mol. The number of amides is 1. The van der Waals surface area contributed by atoms with E-state index in [1.807, 2.05) is 55.4 Å². The number of rotatable bonds is 7. The van der Waals surface area contributed by atoms with Gasteiger partial charge in [0.15, 0.2) is 0 Å². The highest BCUT2D eigenvalue weighted by Gasteiger charge is 2.31. The van der Waals surface area contributed by atoms with Crippen LogP contribution in [0.15, 0.2) is 67.0 Å². The number of hydrogen-bond donors (Lipinski definition) is 1. The molecule has 4 aromatic rings. The van der Waals surface area contributed by atoms with Crippen molar-refractivity contribution in [2.24, 2.45) is 5.41 Å². The molecule has 1 radical (unpaired) electrons. The van der Waals surface area contributed by atoms with Crippen LogP contribution in [0.3, 0.4) is 0 Å². The van der Waals surface area contributed by atoms with Crippen LogP contribution in [-0.4, -0.2) is 57.6 Å². The van der Waals surface area contributed by atoms with Crippen molar-refractivity contribution in [3.8, 4) is 5.69 Å². The summed E-state index contributed by atoms with van der Waals surface area (Å²) in [5.74, 6) is 2.25. The van der Waals surface area contributed by atoms with Gasteiger partial charge in [-0.3, -0.25) is 4.79 Å². The Morgan fingerprint density at radius 3 is 2.54 bits per heavy atom. The Morgan fingerprint density at radius 1 is 1.03 bits per heavy atom. The number of nitrogens with one attached hydrogen (secondary N) is 1. The third kappa shape index (κ3) is 5.62. The standard InChI is InChI=1S/C30H35N8O/c1-6-31-29-32-19-24-27(33-29)36(5)15-16-37(28(24)39)22-13-10-14-23(18-22)38-20-26(34-35-38)25(30(2,3)4)17-21-11-8-7-9-12-21/h7-14,18-20H,6,15-17H2,1-5H3,(H,31,32,33). The first kappa shape index (κ1) is 26.3. The van der Waals surface area contributed by atoms with E-state index in [0.717, 1.165) is 23.5 Å². The van der Waals surface area contributed by atoms with E-state index in [0.29, 0.717) is 37.0 Å². The maximum atomic E-state index is 13.6. The molecule has 0 aliphatic carbocycles. The highest BCUT2D eigenvalue weighted by Crippen LogP contribution is 2.36. The normalized spacial score (nSPS) is 13.9. The number of aromatic nitrogens is 5. The van der Waals surface area contributed by atoms with Crippen LogP contribution in [0.1, 0.15) is 49.3 Å². The van der Waals surface area contributed by atoms with Crippen molar-refractivity contribution in [3.05, 3.63) is 89.7 Å². The lowest BCUT2D eigenvalue weighted by Crippen LogP contribution is -2.33. The monoisotopic (exact) mass is 523 g/mol. The molecular formula is C30H35N8O. The first-order valence-corrected chi connectivity index (χ1v) is 13.3. The zero-order valence-corrected chi connectivity index (χ0v) is 23.2. The zero-order chi connectivity index (χ0) is 27.6. The second-order valence-electron chi connectivity index (χ2n) is 10.8. The van der Waals surface area contributed by atoms with Gasteiger partial charge < -0.3 is 15.1 Å². The summed E-state index contributed by atoms with van der Waals surface area (Å²) in [4.78, 5) is 26.4. The molecule has 5 rings (SSSR count). The van der Waals surface area contributed by atoms with Crippen molar-refractivity contribution in [1.82, 2.24) is 25.0 Å². The first-order chi connectivity index (χ1) is 18.7. The highest BCUT2D eigenvalue weighted by atomic mass is 16.2. The van der Waals surface area contributed by atoms with Crippen LogP contribution in [0.2, 0.25) is 0 Å². The van der Waals surface area contributed by atoms with E-state index in [9.17, 15) is 4.79 Å². The summed E-state index contributed by atoms with van der Waals surface area (Å²) in [6, 6.07) is 18.3. The molecular weight excluding hydrogens is 488 g/mol.